The Bertz CT molecular complexity index is 1420. The van der Waals surface area contributed by atoms with Gasteiger partial charge < -0.3 is 20.4 Å². The summed E-state index contributed by atoms with van der Waals surface area (Å²) >= 11 is 0. The fraction of sp³-hybridized carbons (Fsp3) is 0.257. The number of carbonyl (C=O) groups excluding carboxylic acids is 1. The molecular weight excluding hydrogens is 506 g/mol. The molecule has 4 rings (SSSR count). The minimum atomic E-state index is -0.347. The molecule has 0 saturated carbocycles. The molecule has 0 radical (unpaired) electrons. The number of hydrogen-bond acceptors (Lipinski definition) is 5. The van der Waals surface area contributed by atoms with Crippen molar-refractivity contribution in [3.8, 4) is 0 Å². The molecule has 2 aliphatic rings. The third kappa shape index (κ3) is 7.54. The maximum atomic E-state index is 12.2. The lowest BCUT2D eigenvalue weighted by Crippen LogP contribution is -2.32. The summed E-state index contributed by atoms with van der Waals surface area (Å²) in [5.41, 5.74) is 7.45. The summed E-state index contributed by atoms with van der Waals surface area (Å²) in [6.45, 7) is 16.9. The highest BCUT2D eigenvalue weighted by atomic mass is 16.1. The Morgan fingerprint density at radius 2 is 1.63 bits per heavy atom. The van der Waals surface area contributed by atoms with Crippen molar-refractivity contribution in [2.45, 2.75) is 45.2 Å². The van der Waals surface area contributed by atoms with Gasteiger partial charge in [0, 0.05) is 61.0 Å². The first-order valence-corrected chi connectivity index (χ1v) is 14.0. The zero-order chi connectivity index (χ0) is 29.6. The van der Waals surface area contributed by atoms with Gasteiger partial charge in [-0.25, -0.2) is 0 Å². The number of hydrogen-bond donors (Lipinski definition) is 2. The van der Waals surface area contributed by atoms with E-state index in [1.165, 1.54) is 5.56 Å². The molecule has 1 atom stereocenters. The predicted octanol–water partition coefficient (Wildman–Crippen LogP) is 6.88. The second-order valence-corrected chi connectivity index (χ2v) is 10.9. The van der Waals surface area contributed by atoms with E-state index < -0.39 is 0 Å². The van der Waals surface area contributed by atoms with Crippen LogP contribution in [-0.4, -0.2) is 31.8 Å². The molecular formula is C35H41N5O. The topological polar surface area (TPSA) is 60.0 Å². The average molecular weight is 548 g/mol. The summed E-state index contributed by atoms with van der Waals surface area (Å²) in [6, 6.07) is 17.0. The standard InChI is InChI=1S/C35H41N5O/c1-8-9-34(41)30-18-20-35(5,21-19-30)36-24-40(7)32-16-12-29(13-17-32)23-39(6)31-14-10-28(11-15-31)22-33-25(2)37-27(4)38-26(33)3/h10-20,22,24,37-38H,2-4,8-9,21,23H2,1,5-7H3. The summed E-state index contributed by atoms with van der Waals surface area (Å²) in [7, 11) is 4.10. The highest BCUT2D eigenvalue weighted by molar-refractivity contribution is 5.98. The number of aliphatic imine (C=N–C) groups is 1. The molecule has 2 N–H and O–H groups in total. The molecule has 6 heteroatoms. The van der Waals surface area contributed by atoms with Gasteiger partial charge in [0.25, 0.3) is 0 Å². The number of anilines is 2. The molecule has 1 aliphatic heterocycles. The molecule has 1 heterocycles. The van der Waals surface area contributed by atoms with Crippen LogP contribution in [0.5, 0.6) is 0 Å². The summed E-state index contributed by atoms with van der Waals surface area (Å²) in [5.74, 6) is 0.893. The van der Waals surface area contributed by atoms with Gasteiger partial charge in [0.2, 0.25) is 0 Å². The van der Waals surface area contributed by atoms with E-state index in [0.717, 1.165) is 58.9 Å². The van der Waals surface area contributed by atoms with Crippen LogP contribution in [0, 0.1) is 0 Å². The minimum Gasteiger partial charge on any atom is -0.370 e. The number of rotatable bonds is 10. The van der Waals surface area contributed by atoms with Crippen LogP contribution in [-0.2, 0) is 11.3 Å². The van der Waals surface area contributed by atoms with Crippen LogP contribution in [0.2, 0.25) is 0 Å². The predicted molar refractivity (Wildman–Crippen MR) is 174 cm³/mol. The summed E-state index contributed by atoms with van der Waals surface area (Å²) in [6.07, 6.45) is 12.1. The van der Waals surface area contributed by atoms with Gasteiger partial charge in [-0.05, 0) is 61.2 Å². The number of benzene rings is 2. The Balaban J connectivity index is 1.33. The Kier molecular flexibility index (Phi) is 9.13. The third-order valence-electron chi connectivity index (χ3n) is 7.34. The van der Waals surface area contributed by atoms with Gasteiger partial charge in [-0.3, -0.25) is 9.79 Å². The Morgan fingerprint density at radius 1 is 1.00 bits per heavy atom. The van der Waals surface area contributed by atoms with Crippen LogP contribution < -0.4 is 20.4 Å². The van der Waals surface area contributed by atoms with Gasteiger partial charge in [-0.1, -0.05) is 69.2 Å². The van der Waals surface area contributed by atoms with Gasteiger partial charge >= 0.3 is 0 Å². The van der Waals surface area contributed by atoms with E-state index in [2.05, 4.69) is 104 Å². The number of Topliss-reactive ketones (excluding diaryl/α,β-unsaturated/α-hetero) is 1. The molecule has 6 nitrogen and oxygen atoms in total. The molecule has 1 fully saturated rings. The first-order valence-electron chi connectivity index (χ1n) is 14.0. The van der Waals surface area contributed by atoms with Gasteiger partial charge in [-0.15, -0.1) is 0 Å². The smallest absolute Gasteiger partial charge is 0.162 e. The molecule has 0 amide bonds. The zero-order valence-electron chi connectivity index (χ0n) is 24.7. The fourth-order valence-electron chi connectivity index (χ4n) is 4.76. The van der Waals surface area contributed by atoms with E-state index in [0.29, 0.717) is 12.2 Å². The normalized spacial score (nSPS) is 18.6. The fourth-order valence-corrected chi connectivity index (χ4v) is 4.76. The van der Waals surface area contributed by atoms with Crippen LogP contribution >= 0.6 is 0 Å². The number of carbonyl (C=O) groups is 1. The Labute approximate surface area is 244 Å². The molecule has 212 valence electrons. The van der Waals surface area contributed by atoms with Crippen molar-refractivity contribution >= 4 is 29.6 Å². The number of nitrogens with zero attached hydrogens (tertiary/aromatic N) is 3. The summed E-state index contributed by atoms with van der Waals surface area (Å²) in [5, 5.41) is 6.23. The first-order chi connectivity index (χ1) is 19.6. The van der Waals surface area contributed by atoms with Crippen LogP contribution in [0.4, 0.5) is 11.4 Å². The van der Waals surface area contributed by atoms with Crippen LogP contribution in [0.15, 0.2) is 120 Å². The number of ketones is 1. The Morgan fingerprint density at radius 3 is 2.22 bits per heavy atom. The maximum absolute atomic E-state index is 12.2. The largest absolute Gasteiger partial charge is 0.370 e. The van der Waals surface area contributed by atoms with Crippen molar-refractivity contribution in [1.29, 1.82) is 0 Å². The van der Waals surface area contributed by atoms with Crippen molar-refractivity contribution in [2.24, 2.45) is 4.99 Å². The third-order valence-corrected chi connectivity index (χ3v) is 7.34. The molecule has 1 saturated heterocycles. The van der Waals surface area contributed by atoms with Crippen molar-refractivity contribution < 1.29 is 4.79 Å². The summed E-state index contributed by atoms with van der Waals surface area (Å²) < 4.78 is 0. The zero-order valence-corrected chi connectivity index (χ0v) is 24.7. The molecule has 1 unspecified atom stereocenters. The second-order valence-electron chi connectivity index (χ2n) is 10.9. The monoisotopic (exact) mass is 547 g/mol. The second kappa shape index (κ2) is 12.7. The number of nitrogens with one attached hydrogen (secondary N) is 2. The highest BCUT2D eigenvalue weighted by Crippen LogP contribution is 2.27. The maximum Gasteiger partial charge on any atom is 0.162 e. The van der Waals surface area contributed by atoms with Crippen LogP contribution in [0.3, 0.4) is 0 Å². The molecule has 2 aromatic carbocycles. The first kappa shape index (κ1) is 29.4. The van der Waals surface area contributed by atoms with Gasteiger partial charge in [-0.2, -0.15) is 0 Å². The molecule has 0 spiro atoms. The quantitative estimate of drug-likeness (QED) is 0.251. The van der Waals surface area contributed by atoms with E-state index in [9.17, 15) is 4.79 Å². The van der Waals surface area contributed by atoms with E-state index in [-0.39, 0.29) is 11.3 Å². The molecule has 41 heavy (non-hydrogen) atoms. The average Bonchev–Trinajstić information content (AvgIpc) is 2.95. The van der Waals surface area contributed by atoms with Crippen molar-refractivity contribution in [2.75, 3.05) is 23.9 Å². The van der Waals surface area contributed by atoms with E-state index >= 15 is 0 Å². The van der Waals surface area contributed by atoms with Crippen LogP contribution in [0.1, 0.15) is 44.2 Å². The van der Waals surface area contributed by atoms with Crippen molar-refractivity contribution in [3.05, 3.63) is 126 Å². The molecule has 0 aromatic heterocycles. The van der Waals surface area contributed by atoms with E-state index in [4.69, 9.17) is 4.99 Å². The SMILES string of the molecule is C=C1NC(=C)C(=Cc2ccc(N(C)Cc3ccc(N(C)C=NC4(C)C=CC(C(=O)CCC)=CC4)cc3)cc2)C(=C)N1. The van der Waals surface area contributed by atoms with Gasteiger partial charge in [0.15, 0.2) is 5.78 Å². The van der Waals surface area contributed by atoms with Crippen molar-refractivity contribution in [1.82, 2.24) is 10.6 Å². The lowest BCUT2D eigenvalue weighted by molar-refractivity contribution is -0.115. The van der Waals surface area contributed by atoms with E-state index in [1.54, 1.807) is 0 Å². The molecule has 0 bridgehead atoms. The van der Waals surface area contributed by atoms with Gasteiger partial charge in [0.1, 0.15) is 5.82 Å². The lowest BCUT2D eigenvalue weighted by atomic mass is 9.89. The number of allylic oxidation sites excluding steroid dienone is 2. The summed E-state index contributed by atoms with van der Waals surface area (Å²) in [4.78, 5) is 21.2. The highest BCUT2D eigenvalue weighted by Gasteiger charge is 2.23. The van der Waals surface area contributed by atoms with Crippen LogP contribution in [0.25, 0.3) is 6.08 Å². The van der Waals surface area contributed by atoms with E-state index in [1.807, 2.05) is 43.4 Å². The minimum absolute atomic E-state index is 0.211. The van der Waals surface area contributed by atoms with Crippen molar-refractivity contribution in [3.63, 3.8) is 0 Å². The molecule has 1 aliphatic carbocycles. The lowest BCUT2D eigenvalue weighted by Gasteiger charge is -2.25. The molecule has 2 aromatic rings. The Hall–Kier alpha value is -4.58. The van der Waals surface area contributed by atoms with Gasteiger partial charge in [0.05, 0.1) is 11.9 Å².